The lowest BCUT2D eigenvalue weighted by Gasteiger charge is -2.47. The quantitative estimate of drug-likeness (QED) is 0.433. The first-order valence-corrected chi connectivity index (χ1v) is 10.6. The van der Waals surface area contributed by atoms with Crippen LogP contribution in [-0.4, -0.2) is 35.0 Å². The van der Waals surface area contributed by atoms with Crippen LogP contribution in [0.1, 0.15) is 43.2 Å². The summed E-state index contributed by atoms with van der Waals surface area (Å²) in [6.07, 6.45) is 3.03. The molecule has 0 fully saturated rings. The Labute approximate surface area is 179 Å². The van der Waals surface area contributed by atoms with E-state index < -0.39 is 10.8 Å². The highest BCUT2D eigenvalue weighted by Gasteiger charge is 2.47. The van der Waals surface area contributed by atoms with E-state index in [2.05, 4.69) is 17.1 Å². The van der Waals surface area contributed by atoms with Gasteiger partial charge in [0.25, 0.3) is 0 Å². The van der Waals surface area contributed by atoms with Gasteiger partial charge in [0.1, 0.15) is 0 Å². The van der Waals surface area contributed by atoms with Crippen molar-refractivity contribution in [3.8, 4) is 0 Å². The molecule has 0 bridgehead atoms. The van der Waals surface area contributed by atoms with Gasteiger partial charge in [0.15, 0.2) is 0 Å². The van der Waals surface area contributed by atoms with Gasteiger partial charge < -0.3 is 19.9 Å². The number of rotatable bonds is 11. The number of hydrogen-bond acceptors (Lipinski definition) is 3. The van der Waals surface area contributed by atoms with Gasteiger partial charge in [-0.05, 0) is 41.5 Å². The molecule has 4 nitrogen and oxygen atoms in total. The molecule has 1 heterocycles. The predicted octanol–water partition coefficient (Wildman–Crippen LogP) is 4.65. The number of H-pyrrole nitrogens is 1. The maximum absolute atomic E-state index is 10.7. The second-order valence-corrected chi connectivity index (χ2v) is 8.57. The maximum atomic E-state index is 10.7. The third kappa shape index (κ3) is 4.84. The Morgan fingerprint density at radius 2 is 1.53 bits per heavy atom. The molecule has 0 aliphatic carbocycles. The first-order chi connectivity index (χ1) is 14.5. The molecule has 0 aliphatic rings. The van der Waals surface area contributed by atoms with Gasteiger partial charge in [-0.1, -0.05) is 74.5 Å². The third-order valence-corrected chi connectivity index (χ3v) is 6.34. The summed E-state index contributed by atoms with van der Waals surface area (Å²) in [5, 5.41) is 20.9. The first kappa shape index (κ1) is 22.3. The average molecular weight is 408 g/mol. The fourth-order valence-electron chi connectivity index (χ4n) is 4.15. The Bertz CT molecular complexity index is 862. The van der Waals surface area contributed by atoms with E-state index in [0.29, 0.717) is 13.0 Å². The smallest absolute Gasteiger partial charge is 0.0982 e. The second-order valence-electron chi connectivity index (χ2n) is 8.57. The molecule has 0 saturated heterocycles. The van der Waals surface area contributed by atoms with Crippen LogP contribution in [-0.2, 0) is 16.6 Å². The lowest BCUT2D eigenvalue weighted by molar-refractivity contribution is -0.0349. The molecular formula is C26H33NO3. The first-order valence-electron chi connectivity index (χ1n) is 10.6. The number of aliphatic hydroxyl groups is 2. The number of benzene rings is 2. The Kier molecular flexibility index (Phi) is 7.48. The van der Waals surface area contributed by atoms with Crippen molar-refractivity contribution in [1.29, 1.82) is 0 Å². The van der Waals surface area contributed by atoms with E-state index in [9.17, 15) is 10.2 Å². The number of aliphatic hydroxyl groups excluding tert-OH is 2. The maximum Gasteiger partial charge on any atom is 0.0982 e. The van der Waals surface area contributed by atoms with Crippen LogP contribution >= 0.6 is 0 Å². The molecule has 3 N–H and O–H groups in total. The average Bonchev–Trinajstić information content (AvgIpc) is 3.32. The zero-order valence-electron chi connectivity index (χ0n) is 17.9. The number of nitrogens with one attached hydrogen (secondary N) is 1. The van der Waals surface area contributed by atoms with Crippen molar-refractivity contribution < 1.29 is 14.9 Å². The fraction of sp³-hybridized carbons (Fsp3) is 0.385. The van der Waals surface area contributed by atoms with Crippen molar-refractivity contribution in [2.24, 2.45) is 5.41 Å². The molecule has 0 radical (unpaired) electrons. The number of aromatic nitrogens is 1. The summed E-state index contributed by atoms with van der Waals surface area (Å²) in [5.74, 6) is 0. The topological polar surface area (TPSA) is 65.5 Å². The monoisotopic (exact) mass is 407 g/mol. The largest absolute Gasteiger partial charge is 0.396 e. The second kappa shape index (κ2) is 10.1. The summed E-state index contributed by atoms with van der Waals surface area (Å²) in [6, 6.07) is 24.3. The summed E-state index contributed by atoms with van der Waals surface area (Å²) in [6.45, 7) is 4.47. The molecule has 1 aromatic heterocycles. The standard InChI is InChI=1S/C26H33NO3/c1-25(2,19-28)26(20-29,22-12-7-4-8-13-22)18-24(23-14-9-16-27-23)30-17-15-21-10-5-3-6-11-21/h3-14,16,24,27-29H,15,17-20H2,1-2H3. The van der Waals surface area contributed by atoms with Gasteiger partial charge in [0.05, 0.1) is 19.3 Å². The van der Waals surface area contributed by atoms with E-state index in [1.54, 1.807) is 0 Å². The molecule has 0 amide bonds. The molecule has 3 rings (SSSR count). The number of ether oxygens (including phenoxy) is 1. The summed E-state index contributed by atoms with van der Waals surface area (Å²) < 4.78 is 6.38. The highest BCUT2D eigenvalue weighted by Crippen LogP contribution is 2.47. The van der Waals surface area contributed by atoms with Gasteiger partial charge >= 0.3 is 0 Å². The molecule has 2 unspecified atom stereocenters. The Hall–Kier alpha value is -2.40. The van der Waals surface area contributed by atoms with Crippen LogP contribution in [0.25, 0.3) is 0 Å². The van der Waals surface area contributed by atoms with Crippen molar-refractivity contribution in [1.82, 2.24) is 4.98 Å². The lowest BCUT2D eigenvalue weighted by atomic mass is 9.59. The van der Waals surface area contributed by atoms with Crippen LogP contribution in [0.4, 0.5) is 0 Å². The molecule has 160 valence electrons. The minimum atomic E-state index is -0.661. The summed E-state index contributed by atoms with van der Waals surface area (Å²) in [5.41, 5.74) is 2.01. The molecule has 2 atom stereocenters. The minimum absolute atomic E-state index is 0.0378. The van der Waals surface area contributed by atoms with Gasteiger partial charge in [0.2, 0.25) is 0 Å². The normalized spacial score (nSPS) is 14.9. The lowest BCUT2D eigenvalue weighted by Crippen LogP contribution is -2.48. The molecule has 3 aromatic rings. The van der Waals surface area contributed by atoms with Crippen LogP contribution in [0.15, 0.2) is 79.0 Å². The Morgan fingerprint density at radius 3 is 2.10 bits per heavy atom. The fourth-order valence-corrected chi connectivity index (χ4v) is 4.15. The molecular weight excluding hydrogens is 374 g/mol. The highest BCUT2D eigenvalue weighted by atomic mass is 16.5. The summed E-state index contributed by atoms with van der Waals surface area (Å²) in [7, 11) is 0. The van der Waals surface area contributed by atoms with Crippen molar-refractivity contribution in [2.75, 3.05) is 19.8 Å². The van der Waals surface area contributed by atoms with E-state index >= 15 is 0 Å². The molecule has 0 spiro atoms. The zero-order valence-corrected chi connectivity index (χ0v) is 17.9. The van der Waals surface area contributed by atoms with Crippen molar-refractivity contribution in [3.63, 3.8) is 0 Å². The summed E-state index contributed by atoms with van der Waals surface area (Å²) in [4.78, 5) is 3.28. The van der Waals surface area contributed by atoms with E-state index in [4.69, 9.17) is 4.74 Å². The van der Waals surface area contributed by atoms with Crippen molar-refractivity contribution in [2.45, 2.75) is 38.2 Å². The molecule has 4 heteroatoms. The van der Waals surface area contributed by atoms with Crippen molar-refractivity contribution >= 4 is 0 Å². The van der Waals surface area contributed by atoms with Gasteiger partial charge in [-0.25, -0.2) is 0 Å². The van der Waals surface area contributed by atoms with E-state index in [1.807, 2.05) is 80.7 Å². The SMILES string of the molecule is CC(C)(CO)C(CO)(CC(OCCc1ccccc1)c1ccc[nH]1)c1ccccc1. The van der Waals surface area contributed by atoms with Gasteiger partial charge in [-0.3, -0.25) is 0 Å². The molecule has 0 saturated carbocycles. The number of aromatic amines is 1. The van der Waals surface area contributed by atoms with Crippen LogP contribution < -0.4 is 0 Å². The van der Waals surface area contributed by atoms with Crippen LogP contribution in [0.3, 0.4) is 0 Å². The molecule has 30 heavy (non-hydrogen) atoms. The summed E-state index contributed by atoms with van der Waals surface area (Å²) >= 11 is 0. The predicted molar refractivity (Wildman–Crippen MR) is 120 cm³/mol. The Morgan fingerprint density at radius 1 is 0.867 bits per heavy atom. The Balaban J connectivity index is 1.89. The third-order valence-electron chi connectivity index (χ3n) is 6.34. The van der Waals surface area contributed by atoms with Crippen molar-refractivity contribution in [3.05, 3.63) is 95.8 Å². The van der Waals surface area contributed by atoms with Crippen LogP contribution in [0, 0.1) is 5.41 Å². The highest BCUT2D eigenvalue weighted by molar-refractivity contribution is 5.30. The minimum Gasteiger partial charge on any atom is -0.396 e. The van der Waals surface area contributed by atoms with E-state index in [1.165, 1.54) is 5.56 Å². The van der Waals surface area contributed by atoms with Gasteiger partial charge in [0, 0.05) is 23.9 Å². The van der Waals surface area contributed by atoms with E-state index in [-0.39, 0.29) is 19.3 Å². The van der Waals surface area contributed by atoms with E-state index in [0.717, 1.165) is 17.7 Å². The van der Waals surface area contributed by atoms with Gasteiger partial charge in [-0.2, -0.15) is 0 Å². The molecule has 2 aromatic carbocycles. The number of hydrogen-bond donors (Lipinski definition) is 3. The van der Waals surface area contributed by atoms with Crippen LogP contribution in [0.2, 0.25) is 0 Å². The van der Waals surface area contributed by atoms with Crippen LogP contribution in [0.5, 0.6) is 0 Å². The van der Waals surface area contributed by atoms with Gasteiger partial charge in [-0.15, -0.1) is 0 Å². The zero-order chi connectivity index (χ0) is 21.5. The molecule has 0 aliphatic heterocycles.